The Bertz CT molecular complexity index is 761. The van der Waals surface area contributed by atoms with Crippen LogP contribution >= 0.6 is 0 Å². The van der Waals surface area contributed by atoms with E-state index in [1.54, 1.807) is 0 Å². The van der Waals surface area contributed by atoms with Gasteiger partial charge in [-0.25, -0.2) is 0 Å². The minimum absolute atomic E-state index is 0. The van der Waals surface area contributed by atoms with Crippen LogP contribution in [-0.2, 0) is 26.5 Å². The predicted octanol–water partition coefficient (Wildman–Crippen LogP) is 7.96. The molecule has 0 aromatic heterocycles. The fourth-order valence-corrected chi connectivity index (χ4v) is 5.52. The molecule has 0 bridgehead atoms. The molecule has 0 atom stereocenters. The van der Waals surface area contributed by atoms with Crippen molar-refractivity contribution in [1.82, 2.24) is 0 Å². The molecule has 2 rings (SSSR count). The Morgan fingerprint density at radius 1 is 0.283 bits per heavy atom. The van der Waals surface area contributed by atoms with E-state index in [9.17, 15) is 21.6 Å². The first kappa shape index (κ1) is 68.0. The van der Waals surface area contributed by atoms with Crippen molar-refractivity contribution in [2.75, 3.05) is 26.4 Å². The van der Waals surface area contributed by atoms with E-state index in [4.69, 9.17) is 9.47 Å². The van der Waals surface area contributed by atoms with Gasteiger partial charge in [0.1, 0.15) is 0 Å². The van der Waals surface area contributed by atoms with Crippen LogP contribution in [-0.4, -0.2) is 49.3 Å². The Labute approximate surface area is 368 Å². The summed E-state index contributed by atoms with van der Waals surface area (Å²) in [5.74, 6) is 0. The largest absolute Gasteiger partial charge is 2.00 e. The molecular weight excluding hydrogens is 686 g/mol. The van der Waals surface area contributed by atoms with Crippen LogP contribution < -0.4 is 37.7 Å². The van der Waals surface area contributed by atoms with E-state index < -0.39 is 0 Å². The van der Waals surface area contributed by atoms with Crippen molar-refractivity contribution in [1.29, 1.82) is 0 Å². The van der Waals surface area contributed by atoms with Gasteiger partial charge in [-0.15, -0.1) is 0 Å². The first-order chi connectivity index (χ1) is 21.6. The maximum atomic E-state index is 9.64. The van der Waals surface area contributed by atoms with Crippen LogP contribution in [0.5, 0.6) is 0 Å². The van der Waals surface area contributed by atoms with Crippen molar-refractivity contribution < 1.29 is 64.3 Å². The van der Waals surface area contributed by atoms with Gasteiger partial charge < -0.3 is 31.1 Å². The zero-order valence-electron chi connectivity index (χ0n) is 40.6. The van der Waals surface area contributed by atoms with E-state index in [1.165, 1.54) is 25.7 Å². The van der Waals surface area contributed by atoms with Crippen LogP contribution in [0.4, 0.5) is 0 Å². The van der Waals surface area contributed by atoms with Gasteiger partial charge in [-0.1, -0.05) is 166 Å². The molecular formula is C44H88FeLi2N4O2. The number of nitrogens with zero attached hydrogens (tertiary/aromatic N) is 4. The average molecular weight is 775 g/mol. The topological polar surface area (TPSA) is 108 Å². The zero-order valence-corrected chi connectivity index (χ0v) is 41.7. The fourth-order valence-electron chi connectivity index (χ4n) is 5.52. The molecule has 0 unspecified atom stereocenters. The maximum absolute atomic E-state index is 9.64. The second kappa shape index (κ2) is 27.9. The standard InChI is InChI=1S/4C9H18N.2C4H8O.Fe.2Li/c4*1-8(2,3)7(10)9(4,5)6;2*1-2-4-5-3-1;;;/h4*1-6H3;2*1-4H2;;;/q4*-1;;;+2;2*+1. The van der Waals surface area contributed by atoms with Crippen LogP contribution in [0.15, 0.2) is 0 Å². The predicted molar refractivity (Wildman–Crippen MR) is 229 cm³/mol. The van der Waals surface area contributed by atoms with E-state index in [0.29, 0.717) is 22.8 Å². The molecule has 0 aromatic rings. The maximum Gasteiger partial charge on any atom is 2.00 e. The Morgan fingerprint density at radius 2 is 0.377 bits per heavy atom. The summed E-state index contributed by atoms with van der Waals surface area (Å²) in [6.07, 6.45) is 5.11. The smallest absolute Gasteiger partial charge is 0.810 e. The molecule has 0 aliphatic carbocycles. The molecule has 2 aliphatic heterocycles. The SMILES string of the molecule is C1CCOC1.C1CCOC1.CC(C)(C)C(=[N-])C(C)(C)C.CC(C)(C)C(=[N-])C(C)(C)C.CC(C)(C)C(=[N-])C(C)(C)C.CC(C)(C)C(=[N-])C(C)(C)C.[Fe+2].[Li+].[Li+]. The molecule has 306 valence electrons. The van der Waals surface area contributed by atoms with Crippen molar-refractivity contribution in [3.63, 3.8) is 0 Å². The van der Waals surface area contributed by atoms with E-state index in [-0.39, 0.29) is 98.1 Å². The van der Waals surface area contributed by atoms with Gasteiger partial charge in [-0.05, 0) is 69.0 Å². The zero-order chi connectivity index (χ0) is 41.4. The third-order valence-corrected chi connectivity index (χ3v) is 7.34. The van der Waals surface area contributed by atoms with Crippen molar-refractivity contribution in [2.45, 2.75) is 192 Å². The van der Waals surface area contributed by atoms with Gasteiger partial charge >= 0.3 is 54.8 Å². The first-order valence-corrected chi connectivity index (χ1v) is 19.0. The third kappa shape index (κ3) is 38.9. The molecule has 9 heteroatoms. The Morgan fingerprint density at radius 3 is 0.396 bits per heavy atom. The molecule has 6 nitrogen and oxygen atoms in total. The summed E-state index contributed by atoms with van der Waals surface area (Å²) in [5.41, 5.74) is 1.60. The Kier molecular flexibility index (Phi) is 35.8. The van der Waals surface area contributed by atoms with Gasteiger partial charge in [0, 0.05) is 26.4 Å². The Balaban J connectivity index is -0.0000000962. The summed E-state index contributed by atoms with van der Waals surface area (Å²) in [6.45, 7) is 52.5. The van der Waals surface area contributed by atoms with Gasteiger partial charge in [0.05, 0.1) is 0 Å². The van der Waals surface area contributed by atoms with Crippen molar-refractivity contribution in [3.8, 4) is 0 Å². The summed E-state index contributed by atoms with van der Waals surface area (Å²) in [5, 5.41) is 38.6. The third-order valence-electron chi connectivity index (χ3n) is 7.34. The minimum atomic E-state index is -0.0851. The number of rotatable bonds is 0. The van der Waals surface area contributed by atoms with Crippen LogP contribution in [0.25, 0.3) is 21.6 Å². The van der Waals surface area contributed by atoms with Gasteiger partial charge in [0.2, 0.25) is 0 Å². The second-order valence-electron chi connectivity index (χ2n) is 22.0. The number of hydrogen-bond donors (Lipinski definition) is 0. The number of hydrogen-bond acceptors (Lipinski definition) is 2. The molecule has 0 radical (unpaired) electrons. The van der Waals surface area contributed by atoms with Crippen LogP contribution in [0.2, 0.25) is 0 Å². The molecule has 0 N–H and O–H groups in total. The van der Waals surface area contributed by atoms with Gasteiger partial charge in [-0.2, -0.15) is 22.8 Å². The van der Waals surface area contributed by atoms with Gasteiger partial charge in [-0.3, -0.25) is 0 Å². The summed E-state index contributed by atoms with van der Waals surface area (Å²) < 4.78 is 9.89. The van der Waals surface area contributed by atoms with Crippen LogP contribution in [0.1, 0.15) is 192 Å². The quantitative estimate of drug-likeness (QED) is 0.184. The van der Waals surface area contributed by atoms with E-state index in [0.717, 1.165) is 26.4 Å². The summed E-state index contributed by atoms with van der Waals surface area (Å²) >= 11 is 0. The van der Waals surface area contributed by atoms with Crippen LogP contribution in [0, 0.1) is 43.3 Å². The molecule has 0 amide bonds. The van der Waals surface area contributed by atoms with Gasteiger partial charge in [0.25, 0.3) is 0 Å². The second-order valence-corrected chi connectivity index (χ2v) is 22.0. The Hall–Kier alpha value is 0.314. The minimum Gasteiger partial charge on any atom is -0.810 e. The molecule has 0 saturated carbocycles. The molecule has 2 fully saturated rings. The molecule has 53 heavy (non-hydrogen) atoms. The first-order valence-electron chi connectivity index (χ1n) is 19.0. The van der Waals surface area contributed by atoms with Crippen molar-refractivity contribution in [2.24, 2.45) is 43.3 Å². The summed E-state index contributed by atoms with van der Waals surface area (Å²) in [7, 11) is 0. The monoisotopic (exact) mass is 775 g/mol. The molecule has 2 heterocycles. The van der Waals surface area contributed by atoms with E-state index in [1.807, 2.05) is 166 Å². The van der Waals surface area contributed by atoms with Crippen molar-refractivity contribution in [3.05, 3.63) is 21.6 Å². The van der Waals surface area contributed by atoms with E-state index in [2.05, 4.69) is 0 Å². The van der Waals surface area contributed by atoms with E-state index >= 15 is 0 Å². The van der Waals surface area contributed by atoms with Crippen LogP contribution in [0.3, 0.4) is 0 Å². The number of ether oxygens (including phenoxy) is 2. The summed E-state index contributed by atoms with van der Waals surface area (Å²) in [4.78, 5) is 0. The average Bonchev–Trinajstić information content (AvgIpc) is 3.63. The van der Waals surface area contributed by atoms with Gasteiger partial charge in [0.15, 0.2) is 0 Å². The molecule has 0 spiro atoms. The molecule has 2 aliphatic rings. The summed E-state index contributed by atoms with van der Waals surface area (Å²) in [6, 6.07) is 0. The molecule has 0 aromatic carbocycles. The fraction of sp³-hybridized carbons (Fsp3) is 0.909. The van der Waals surface area contributed by atoms with Crippen molar-refractivity contribution >= 4 is 22.8 Å². The normalized spacial score (nSPS) is 14.6. The molecule has 2 saturated heterocycles.